The Morgan fingerprint density at radius 2 is 1.78 bits per heavy atom. The summed E-state index contributed by atoms with van der Waals surface area (Å²) in [5, 5.41) is 10.9. The molecule has 178 valence electrons. The van der Waals surface area contributed by atoms with Crippen LogP contribution in [-0.4, -0.2) is 54.2 Å². The summed E-state index contributed by atoms with van der Waals surface area (Å²) in [4.78, 5) is 38.1. The van der Waals surface area contributed by atoms with Crippen LogP contribution in [0, 0.1) is 11.8 Å². The molecule has 1 aliphatic carbocycles. The SMILES string of the molecule is CCOC(=O)[C@H]1C(=O)C[C@@](C)(O)[C@@H](C(=O)OCC)[C@@H]1c1cccc(OC(F)(F)C(F)F)c1. The molecule has 0 unspecified atom stereocenters. The van der Waals surface area contributed by atoms with Crippen molar-refractivity contribution in [2.45, 2.75) is 51.2 Å². The third kappa shape index (κ3) is 5.37. The van der Waals surface area contributed by atoms with E-state index in [0.717, 1.165) is 12.1 Å². The topological polar surface area (TPSA) is 99.1 Å². The van der Waals surface area contributed by atoms with Gasteiger partial charge < -0.3 is 19.3 Å². The van der Waals surface area contributed by atoms with Crippen molar-refractivity contribution in [3.8, 4) is 5.75 Å². The molecular formula is C21H24F4O7. The Balaban J connectivity index is 2.62. The number of hydrogen-bond acceptors (Lipinski definition) is 7. The van der Waals surface area contributed by atoms with Gasteiger partial charge in [-0.3, -0.25) is 14.4 Å². The van der Waals surface area contributed by atoms with Crippen molar-refractivity contribution in [1.82, 2.24) is 0 Å². The van der Waals surface area contributed by atoms with Crippen molar-refractivity contribution in [2.24, 2.45) is 11.8 Å². The van der Waals surface area contributed by atoms with E-state index in [1.54, 1.807) is 0 Å². The highest BCUT2D eigenvalue weighted by molar-refractivity contribution is 6.02. The number of alkyl halides is 4. The fourth-order valence-corrected chi connectivity index (χ4v) is 3.87. The van der Waals surface area contributed by atoms with Gasteiger partial charge in [-0.2, -0.15) is 17.6 Å². The second-order valence-corrected chi connectivity index (χ2v) is 7.52. The number of ketones is 1. The summed E-state index contributed by atoms with van der Waals surface area (Å²) in [7, 11) is 0. The van der Waals surface area contributed by atoms with Crippen molar-refractivity contribution in [3.63, 3.8) is 0 Å². The fourth-order valence-electron chi connectivity index (χ4n) is 3.87. The van der Waals surface area contributed by atoms with Gasteiger partial charge in [-0.05, 0) is 38.5 Å². The number of rotatable bonds is 8. The second-order valence-electron chi connectivity index (χ2n) is 7.52. The molecule has 11 heteroatoms. The lowest BCUT2D eigenvalue weighted by Crippen LogP contribution is -2.55. The highest BCUT2D eigenvalue weighted by Gasteiger charge is 2.57. The Labute approximate surface area is 181 Å². The van der Waals surface area contributed by atoms with Crippen LogP contribution in [0.5, 0.6) is 5.75 Å². The van der Waals surface area contributed by atoms with Crippen LogP contribution in [-0.2, 0) is 23.9 Å². The zero-order valence-electron chi connectivity index (χ0n) is 17.6. The number of carbonyl (C=O) groups is 3. The monoisotopic (exact) mass is 464 g/mol. The number of benzene rings is 1. The van der Waals surface area contributed by atoms with E-state index in [4.69, 9.17) is 9.47 Å². The van der Waals surface area contributed by atoms with Crippen LogP contribution in [0.25, 0.3) is 0 Å². The van der Waals surface area contributed by atoms with E-state index < -0.39 is 65.8 Å². The molecule has 1 aromatic rings. The number of hydrogen-bond donors (Lipinski definition) is 1. The molecule has 0 bridgehead atoms. The summed E-state index contributed by atoms with van der Waals surface area (Å²) in [5.74, 6) is -7.71. The van der Waals surface area contributed by atoms with Gasteiger partial charge in [0.2, 0.25) is 0 Å². The Bertz CT molecular complexity index is 856. The molecule has 1 fully saturated rings. The lowest BCUT2D eigenvalue weighted by molar-refractivity contribution is -0.253. The largest absolute Gasteiger partial charge is 0.466 e. The van der Waals surface area contributed by atoms with Crippen molar-refractivity contribution >= 4 is 17.7 Å². The van der Waals surface area contributed by atoms with Crippen molar-refractivity contribution in [1.29, 1.82) is 0 Å². The summed E-state index contributed by atoms with van der Waals surface area (Å²) < 4.78 is 65.9. The number of aliphatic hydroxyl groups is 1. The number of halogens is 4. The van der Waals surface area contributed by atoms with Gasteiger partial charge in [0.05, 0.1) is 24.7 Å². The van der Waals surface area contributed by atoms with Crippen LogP contribution in [0.2, 0.25) is 0 Å². The van der Waals surface area contributed by atoms with Crippen LogP contribution in [0.4, 0.5) is 17.6 Å². The van der Waals surface area contributed by atoms with Gasteiger partial charge in [0.15, 0.2) is 5.78 Å². The Kier molecular flexibility index (Phi) is 7.87. The van der Waals surface area contributed by atoms with E-state index in [2.05, 4.69) is 4.74 Å². The van der Waals surface area contributed by atoms with Gasteiger partial charge in [-0.15, -0.1) is 0 Å². The number of ether oxygens (including phenoxy) is 3. The molecule has 1 aromatic carbocycles. The van der Waals surface area contributed by atoms with Crippen LogP contribution in [0.1, 0.15) is 38.7 Å². The molecular weight excluding hydrogens is 440 g/mol. The fraction of sp³-hybridized carbons (Fsp3) is 0.571. The van der Waals surface area contributed by atoms with Gasteiger partial charge in [0, 0.05) is 12.3 Å². The molecule has 0 aliphatic heterocycles. The molecule has 0 saturated heterocycles. The highest BCUT2D eigenvalue weighted by atomic mass is 19.3. The van der Waals surface area contributed by atoms with E-state index in [-0.39, 0.29) is 18.8 Å². The molecule has 0 amide bonds. The van der Waals surface area contributed by atoms with Crippen molar-refractivity contribution in [2.75, 3.05) is 13.2 Å². The zero-order valence-corrected chi connectivity index (χ0v) is 17.6. The average molecular weight is 464 g/mol. The first-order chi connectivity index (χ1) is 14.9. The highest BCUT2D eigenvalue weighted by Crippen LogP contribution is 2.47. The molecule has 0 spiro atoms. The van der Waals surface area contributed by atoms with Crippen LogP contribution in [0.3, 0.4) is 0 Å². The maximum absolute atomic E-state index is 13.4. The molecule has 0 heterocycles. The second kappa shape index (κ2) is 9.85. The van der Waals surface area contributed by atoms with Gasteiger partial charge in [-0.1, -0.05) is 12.1 Å². The summed E-state index contributed by atoms with van der Waals surface area (Å²) in [6.45, 7) is 4.07. The standard InChI is InChI=1S/C21H24F4O7/c1-4-30-17(27)15-13(26)10-20(3,29)16(18(28)31-5-2)14(15)11-7-6-8-12(9-11)32-21(24,25)19(22)23/h6-9,14-16,19,29H,4-5,10H2,1-3H3/t14-,15+,16-,20-/m1/s1. The minimum absolute atomic E-state index is 0.0444. The van der Waals surface area contributed by atoms with Crippen molar-refractivity contribution in [3.05, 3.63) is 29.8 Å². The van der Waals surface area contributed by atoms with E-state index >= 15 is 0 Å². The third-order valence-corrected chi connectivity index (χ3v) is 5.10. The lowest BCUT2D eigenvalue weighted by atomic mass is 9.61. The molecule has 32 heavy (non-hydrogen) atoms. The normalized spacial score (nSPS) is 26.0. The minimum Gasteiger partial charge on any atom is -0.466 e. The number of Topliss-reactive ketones (excluding diaryl/α,β-unsaturated/α-hetero) is 1. The third-order valence-electron chi connectivity index (χ3n) is 5.10. The smallest absolute Gasteiger partial charge is 0.461 e. The minimum atomic E-state index is -4.80. The predicted octanol–water partition coefficient (Wildman–Crippen LogP) is 3.09. The van der Waals surface area contributed by atoms with E-state index in [1.165, 1.54) is 32.9 Å². The van der Waals surface area contributed by atoms with E-state index in [9.17, 15) is 37.1 Å². The average Bonchev–Trinajstić information content (AvgIpc) is 2.66. The first kappa shape index (κ1) is 25.6. The molecule has 1 saturated carbocycles. The van der Waals surface area contributed by atoms with Gasteiger partial charge in [0.1, 0.15) is 11.7 Å². The Morgan fingerprint density at radius 3 is 2.34 bits per heavy atom. The Morgan fingerprint density at radius 1 is 1.19 bits per heavy atom. The summed E-state index contributed by atoms with van der Waals surface area (Å²) in [6.07, 6.45) is -9.47. The lowest BCUT2D eigenvalue weighted by Gasteiger charge is -2.43. The van der Waals surface area contributed by atoms with Crippen molar-refractivity contribution < 1.29 is 51.3 Å². The molecule has 0 aromatic heterocycles. The van der Waals surface area contributed by atoms with Crippen LogP contribution >= 0.6 is 0 Å². The van der Waals surface area contributed by atoms with Crippen LogP contribution < -0.4 is 4.74 Å². The molecule has 7 nitrogen and oxygen atoms in total. The Hall–Kier alpha value is -2.69. The first-order valence-electron chi connectivity index (χ1n) is 9.89. The van der Waals surface area contributed by atoms with Crippen LogP contribution in [0.15, 0.2) is 24.3 Å². The molecule has 0 radical (unpaired) electrons. The van der Waals surface area contributed by atoms with Gasteiger partial charge in [0.25, 0.3) is 0 Å². The maximum Gasteiger partial charge on any atom is 0.461 e. The summed E-state index contributed by atoms with van der Waals surface area (Å²) in [6, 6.07) is 4.35. The maximum atomic E-state index is 13.4. The number of carbonyl (C=O) groups excluding carboxylic acids is 3. The zero-order chi connectivity index (χ0) is 24.3. The quantitative estimate of drug-likeness (QED) is 0.359. The number of esters is 2. The van der Waals surface area contributed by atoms with Gasteiger partial charge in [-0.25, -0.2) is 0 Å². The predicted molar refractivity (Wildman–Crippen MR) is 101 cm³/mol. The first-order valence-corrected chi connectivity index (χ1v) is 9.89. The molecule has 1 aliphatic rings. The summed E-state index contributed by atoms with van der Waals surface area (Å²) in [5.41, 5.74) is -1.99. The van der Waals surface area contributed by atoms with Gasteiger partial charge >= 0.3 is 24.5 Å². The molecule has 2 rings (SSSR count). The molecule has 1 N–H and O–H groups in total. The van der Waals surface area contributed by atoms with E-state index in [0.29, 0.717) is 0 Å². The summed E-state index contributed by atoms with van der Waals surface area (Å²) >= 11 is 0. The molecule has 4 atom stereocenters. The van der Waals surface area contributed by atoms with E-state index in [1.807, 2.05) is 0 Å².